The Labute approximate surface area is 261 Å². The minimum atomic E-state index is -0.278. The van der Waals surface area contributed by atoms with Crippen molar-refractivity contribution in [2.24, 2.45) is 0 Å². The lowest BCUT2D eigenvalue weighted by Crippen LogP contribution is -2.33. The predicted molar refractivity (Wildman–Crippen MR) is 162 cm³/mol. The van der Waals surface area contributed by atoms with E-state index in [2.05, 4.69) is 6.92 Å². The van der Waals surface area contributed by atoms with Crippen LogP contribution in [0.1, 0.15) is 66.2 Å². The second-order valence-corrected chi connectivity index (χ2v) is 9.98. The van der Waals surface area contributed by atoms with Crippen molar-refractivity contribution in [1.82, 2.24) is 4.90 Å². The van der Waals surface area contributed by atoms with Gasteiger partial charge in [-0.25, -0.2) is 0 Å². The third-order valence-electron chi connectivity index (χ3n) is 6.54. The fraction of sp³-hybridized carbons (Fsp3) is 0.719. The van der Waals surface area contributed by atoms with E-state index in [1.807, 2.05) is 0 Å². The smallest absolute Gasteiger partial charge is 0.305 e. The molecule has 250 valence electrons. The Morgan fingerprint density at radius 2 is 0.932 bits per heavy atom. The number of unbranched alkanes of at least 4 members (excludes halogenated alkanes) is 4. The summed E-state index contributed by atoms with van der Waals surface area (Å²) in [6.45, 7) is 8.63. The monoisotopic (exact) mass is 625 g/mol. The van der Waals surface area contributed by atoms with Crippen molar-refractivity contribution in [2.75, 3.05) is 106 Å². The first-order valence-corrected chi connectivity index (χ1v) is 15.8. The molecule has 0 saturated heterocycles. The van der Waals surface area contributed by atoms with E-state index < -0.39 is 0 Å². The molecule has 0 bridgehead atoms. The molecule has 0 aliphatic carbocycles. The first-order valence-electron chi connectivity index (χ1n) is 15.8. The zero-order valence-electron chi connectivity index (χ0n) is 26.3. The van der Waals surface area contributed by atoms with Crippen LogP contribution in [0.15, 0.2) is 24.3 Å². The van der Waals surface area contributed by atoms with Gasteiger partial charge in [0.2, 0.25) is 0 Å². The van der Waals surface area contributed by atoms with Gasteiger partial charge in [-0.15, -0.1) is 0 Å². The van der Waals surface area contributed by atoms with Crippen LogP contribution in [0.2, 0.25) is 0 Å². The van der Waals surface area contributed by atoms with E-state index in [0.29, 0.717) is 103 Å². The second kappa shape index (κ2) is 25.8. The Morgan fingerprint density at radius 3 is 1.36 bits per heavy atom. The quantitative estimate of drug-likeness (QED) is 0.0710. The number of hydrogen-bond donors (Lipinski definition) is 0. The van der Waals surface area contributed by atoms with Crippen LogP contribution in [0.4, 0.5) is 0 Å². The zero-order valence-corrected chi connectivity index (χ0v) is 26.3. The van der Waals surface area contributed by atoms with Gasteiger partial charge in [0.1, 0.15) is 6.61 Å². The Bertz CT molecular complexity index is 879. The summed E-state index contributed by atoms with van der Waals surface area (Å²) >= 11 is 0. The lowest BCUT2D eigenvalue weighted by molar-refractivity contribution is -0.145. The number of hydrogen-bond acceptors (Lipinski definition) is 11. The van der Waals surface area contributed by atoms with E-state index in [4.69, 9.17) is 37.9 Å². The molecule has 0 fully saturated rings. The number of rotatable bonds is 30. The van der Waals surface area contributed by atoms with Crippen LogP contribution >= 0.6 is 0 Å². The molecule has 44 heavy (non-hydrogen) atoms. The number of imide groups is 1. The molecule has 12 heteroatoms. The Hall–Kier alpha value is -2.45. The largest absolute Gasteiger partial charge is 0.463 e. The van der Waals surface area contributed by atoms with Crippen molar-refractivity contribution in [3.63, 3.8) is 0 Å². The van der Waals surface area contributed by atoms with Gasteiger partial charge in [-0.3, -0.25) is 19.3 Å². The van der Waals surface area contributed by atoms with Crippen LogP contribution in [0, 0.1) is 0 Å². The zero-order chi connectivity index (χ0) is 31.5. The molecule has 0 unspecified atom stereocenters. The molecule has 0 spiro atoms. The number of nitrogens with zero attached hydrogens (tertiary/aromatic N) is 1. The van der Waals surface area contributed by atoms with Crippen molar-refractivity contribution < 1.29 is 52.3 Å². The van der Waals surface area contributed by atoms with Crippen LogP contribution in [-0.4, -0.2) is 128 Å². The van der Waals surface area contributed by atoms with Gasteiger partial charge in [0, 0.05) is 6.42 Å². The number of carbonyl (C=O) groups is 3. The van der Waals surface area contributed by atoms with Crippen molar-refractivity contribution in [3.8, 4) is 0 Å². The maximum Gasteiger partial charge on any atom is 0.305 e. The van der Waals surface area contributed by atoms with E-state index in [1.165, 1.54) is 24.2 Å². The number of ether oxygens (including phenoxy) is 8. The third-order valence-corrected chi connectivity index (χ3v) is 6.54. The first-order chi connectivity index (χ1) is 21.6. The molecule has 1 aliphatic heterocycles. The van der Waals surface area contributed by atoms with Gasteiger partial charge in [-0.05, 0) is 18.6 Å². The normalized spacial score (nSPS) is 12.7. The van der Waals surface area contributed by atoms with Gasteiger partial charge in [0.15, 0.2) is 0 Å². The van der Waals surface area contributed by atoms with Gasteiger partial charge < -0.3 is 37.9 Å². The molecule has 0 saturated carbocycles. The summed E-state index contributed by atoms with van der Waals surface area (Å²) in [5.74, 6) is -0.712. The van der Waals surface area contributed by atoms with E-state index >= 15 is 0 Å². The molecule has 0 radical (unpaired) electrons. The summed E-state index contributed by atoms with van der Waals surface area (Å²) < 4.78 is 43.3. The van der Waals surface area contributed by atoms with E-state index in [9.17, 15) is 14.4 Å². The molecular weight excluding hydrogens is 574 g/mol. The van der Waals surface area contributed by atoms with Crippen LogP contribution in [0.25, 0.3) is 0 Å². The summed E-state index contributed by atoms with van der Waals surface area (Å²) in [6.07, 6.45) is 6.04. The molecule has 1 aliphatic rings. The lowest BCUT2D eigenvalue weighted by Gasteiger charge is -2.13. The average Bonchev–Trinajstić information content (AvgIpc) is 3.27. The molecule has 0 aromatic heterocycles. The van der Waals surface area contributed by atoms with E-state index in [1.54, 1.807) is 24.3 Å². The van der Waals surface area contributed by atoms with Crippen LogP contribution in [-0.2, 0) is 42.7 Å². The lowest BCUT2D eigenvalue weighted by atomic mass is 10.1. The van der Waals surface area contributed by atoms with Crippen molar-refractivity contribution >= 4 is 17.8 Å². The Balaban J connectivity index is 1.21. The summed E-state index contributed by atoms with van der Waals surface area (Å²) in [6, 6.07) is 6.81. The van der Waals surface area contributed by atoms with Gasteiger partial charge in [0.25, 0.3) is 11.8 Å². The second-order valence-electron chi connectivity index (χ2n) is 9.98. The molecule has 12 nitrogen and oxygen atoms in total. The topological polar surface area (TPSA) is 128 Å². The highest BCUT2D eigenvalue weighted by molar-refractivity contribution is 6.21. The number of fused-ring (bicyclic) bond motifs is 1. The molecule has 1 aromatic carbocycles. The van der Waals surface area contributed by atoms with Crippen LogP contribution in [0.5, 0.6) is 0 Å². The molecule has 1 heterocycles. The standard InChI is InChI=1S/C32H51NO11/c1-2-3-4-5-6-11-30(34)44-27-26-43-25-24-42-23-22-41-21-20-40-19-18-39-17-16-38-15-14-37-13-12-33-31(35)28-9-7-8-10-29(28)32(33)36/h7-10H,2-6,11-27H2,1H3. The number of amides is 2. The van der Waals surface area contributed by atoms with E-state index in [0.717, 1.165) is 12.8 Å². The third kappa shape index (κ3) is 17.1. The van der Waals surface area contributed by atoms with Crippen molar-refractivity contribution in [2.45, 2.75) is 45.4 Å². The maximum absolute atomic E-state index is 12.3. The highest BCUT2D eigenvalue weighted by atomic mass is 16.6. The number of carbonyl (C=O) groups excluding carboxylic acids is 3. The fourth-order valence-corrected chi connectivity index (χ4v) is 4.18. The summed E-state index contributed by atoms with van der Waals surface area (Å²) in [4.78, 5) is 37.4. The molecule has 0 atom stereocenters. The van der Waals surface area contributed by atoms with Gasteiger partial charge >= 0.3 is 5.97 Å². The minimum Gasteiger partial charge on any atom is -0.463 e. The SMILES string of the molecule is CCCCCCCC(=O)OCCOCCOCCOCCOCCOCCOCCOCCN1C(=O)c2ccccc2C1=O. The summed E-state index contributed by atoms with van der Waals surface area (Å²) in [7, 11) is 0. The highest BCUT2D eigenvalue weighted by Crippen LogP contribution is 2.21. The predicted octanol–water partition coefficient (Wildman–Crippen LogP) is 3.30. The summed E-state index contributed by atoms with van der Waals surface area (Å²) in [5.41, 5.74) is 0.882. The van der Waals surface area contributed by atoms with Crippen molar-refractivity contribution in [1.29, 1.82) is 0 Å². The molecule has 2 rings (SSSR count). The molecule has 0 N–H and O–H groups in total. The molecule has 1 aromatic rings. The Kier molecular flexibility index (Phi) is 22.2. The maximum atomic E-state index is 12.3. The van der Waals surface area contributed by atoms with E-state index in [-0.39, 0.29) is 37.5 Å². The highest BCUT2D eigenvalue weighted by Gasteiger charge is 2.34. The van der Waals surface area contributed by atoms with Gasteiger partial charge in [0.05, 0.1) is 110 Å². The van der Waals surface area contributed by atoms with Crippen LogP contribution < -0.4 is 0 Å². The van der Waals surface area contributed by atoms with Crippen molar-refractivity contribution in [3.05, 3.63) is 35.4 Å². The fourth-order valence-electron chi connectivity index (χ4n) is 4.18. The number of esters is 1. The summed E-state index contributed by atoms with van der Waals surface area (Å²) in [5, 5.41) is 0. The average molecular weight is 626 g/mol. The minimum absolute atomic E-state index is 0.155. The number of benzene rings is 1. The van der Waals surface area contributed by atoms with Crippen LogP contribution in [0.3, 0.4) is 0 Å². The molecule has 2 amide bonds. The first kappa shape index (κ1) is 37.7. The Morgan fingerprint density at radius 1 is 0.545 bits per heavy atom. The van der Waals surface area contributed by atoms with Gasteiger partial charge in [-0.1, -0.05) is 44.7 Å². The van der Waals surface area contributed by atoms with Gasteiger partial charge in [-0.2, -0.15) is 0 Å². The molecular formula is C32H51NO11.